The molecule has 3 heteroatoms. The van der Waals surface area contributed by atoms with Crippen molar-refractivity contribution in [1.82, 2.24) is 0 Å². The lowest BCUT2D eigenvalue weighted by Gasteiger charge is -2.25. The van der Waals surface area contributed by atoms with Gasteiger partial charge in [0.25, 0.3) is 0 Å². The van der Waals surface area contributed by atoms with Gasteiger partial charge in [0.1, 0.15) is 6.54 Å². The van der Waals surface area contributed by atoms with Crippen LogP contribution in [-0.2, 0) is 13.0 Å². The molecule has 1 atom stereocenters. The van der Waals surface area contributed by atoms with E-state index in [9.17, 15) is 0 Å². The first-order valence-electron chi connectivity index (χ1n) is 6.12. The molecule has 0 radical (unpaired) electrons. The number of hydrogen-bond donors (Lipinski definition) is 1. The highest BCUT2D eigenvalue weighted by Gasteiger charge is 2.23. The average molecular weight is 220 g/mol. The maximum atomic E-state index is 5.43. The summed E-state index contributed by atoms with van der Waals surface area (Å²) in [4.78, 5) is 1.69. The van der Waals surface area contributed by atoms with Crippen molar-refractivity contribution in [3.8, 4) is 11.5 Å². The molecule has 1 aromatic carbocycles. The third-order valence-electron chi connectivity index (χ3n) is 3.49. The summed E-state index contributed by atoms with van der Waals surface area (Å²) in [7, 11) is 0. The van der Waals surface area contributed by atoms with Gasteiger partial charge in [-0.1, -0.05) is 6.92 Å². The topological polar surface area (TPSA) is 22.9 Å². The van der Waals surface area contributed by atoms with Gasteiger partial charge in [0, 0.05) is 12.0 Å². The minimum absolute atomic E-state index is 0.379. The van der Waals surface area contributed by atoms with Gasteiger partial charge in [-0.2, -0.15) is 0 Å². The predicted octanol–water partition coefficient (Wildman–Crippen LogP) is 0.766. The Balaban J connectivity index is 1.87. The highest BCUT2D eigenvalue weighted by molar-refractivity contribution is 5.48. The van der Waals surface area contributed by atoms with Gasteiger partial charge in [0.15, 0.2) is 11.5 Å². The summed E-state index contributed by atoms with van der Waals surface area (Å²) in [5.74, 6) is 1.86. The molecule has 0 amide bonds. The molecule has 0 fully saturated rings. The summed E-state index contributed by atoms with van der Waals surface area (Å²) in [6, 6.07) is 4.34. The fourth-order valence-corrected chi connectivity index (χ4v) is 2.66. The summed E-state index contributed by atoms with van der Waals surface area (Å²) >= 11 is 0. The fraction of sp³-hybridized carbons (Fsp3) is 0.538. The van der Waals surface area contributed by atoms with Crippen LogP contribution in [0.5, 0.6) is 11.5 Å². The highest BCUT2D eigenvalue weighted by atomic mass is 16.7. The van der Waals surface area contributed by atoms with E-state index in [0.29, 0.717) is 6.79 Å². The Morgan fingerprint density at radius 1 is 1.19 bits per heavy atom. The van der Waals surface area contributed by atoms with Gasteiger partial charge < -0.3 is 14.4 Å². The van der Waals surface area contributed by atoms with Gasteiger partial charge in [0.2, 0.25) is 6.79 Å². The number of rotatable bonds is 2. The van der Waals surface area contributed by atoms with Crippen LogP contribution in [0.1, 0.15) is 24.5 Å². The van der Waals surface area contributed by atoms with Gasteiger partial charge >= 0.3 is 0 Å². The van der Waals surface area contributed by atoms with Crippen LogP contribution in [0.3, 0.4) is 0 Å². The molecule has 0 aliphatic carbocycles. The number of quaternary nitrogens is 1. The molecule has 16 heavy (non-hydrogen) atoms. The van der Waals surface area contributed by atoms with Crippen molar-refractivity contribution in [2.24, 2.45) is 0 Å². The maximum Gasteiger partial charge on any atom is 0.231 e. The van der Waals surface area contributed by atoms with Crippen molar-refractivity contribution in [3.05, 3.63) is 23.3 Å². The monoisotopic (exact) mass is 220 g/mol. The molecule has 1 aromatic rings. The molecule has 3 rings (SSSR count). The quantitative estimate of drug-likeness (QED) is 0.795. The van der Waals surface area contributed by atoms with E-state index in [-0.39, 0.29) is 0 Å². The van der Waals surface area contributed by atoms with Crippen molar-refractivity contribution in [2.45, 2.75) is 26.3 Å². The summed E-state index contributed by atoms with van der Waals surface area (Å²) in [6.45, 7) is 6.29. The zero-order valence-corrected chi connectivity index (χ0v) is 9.71. The van der Waals surface area contributed by atoms with Crippen LogP contribution in [0.15, 0.2) is 12.1 Å². The Morgan fingerprint density at radius 2 is 1.94 bits per heavy atom. The van der Waals surface area contributed by atoms with Gasteiger partial charge in [-0.15, -0.1) is 0 Å². The van der Waals surface area contributed by atoms with Crippen LogP contribution in [0, 0.1) is 0 Å². The molecule has 1 N–H and O–H groups in total. The number of ether oxygens (including phenoxy) is 2. The van der Waals surface area contributed by atoms with E-state index in [1.54, 1.807) is 4.90 Å². The summed E-state index contributed by atoms with van der Waals surface area (Å²) in [5.41, 5.74) is 2.89. The SMILES string of the molecule is CCC[NH+]1CCc2cc3c(cc2C1)OCO3. The molecule has 86 valence electrons. The lowest BCUT2D eigenvalue weighted by Crippen LogP contribution is -3.11. The van der Waals surface area contributed by atoms with Crippen molar-refractivity contribution < 1.29 is 14.4 Å². The third-order valence-corrected chi connectivity index (χ3v) is 3.49. The Bertz CT molecular complexity index is 403. The second kappa shape index (κ2) is 3.98. The lowest BCUT2D eigenvalue weighted by atomic mass is 9.99. The molecule has 1 unspecified atom stereocenters. The Kier molecular flexibility index (Phi) is 2.48. The first kappa shape index (κ1) is 9.97. The number of fused-ring (bicyclic) bond motifs is 2. The third kappa shape index (κ3) is 1.65. The largest absolute Gasteiger partial charge is 0.454 e. The molecule has 0 saturated carbocycles. The summed E-state index contributed by atoms with van der Waals surface area (Å²) < 4.78 is 10.8. The molecule has 3 nitrogen and oxygen atoms in total. The molecule has 0 saturated heterocycles. The number of nitrogens with one attached hydrogen (secondary N) is 1. The van der Waals surface area contributed by atoms with E-state index in [1.165, 1.54) is 37.1 Å². The Labute approximate surface area is 96.0 Å². The van der Waals surface area contributed by atoms with E-state index in [1.807, 2.05) is 0 Å². The first-order valence-corrected chi connectivity index (χ1v) is 6.12. The second-order valence-corrected chi connectivity index (χ2v) is 4.65. The molecule has 0 spiro atoms. The van der Waals surface area contributed by atoms with Gasteiger partial charge in [0.05, 0.1) is 13.1 Å². The molecular formula is C13H18NO2+. The Morgan fingerprint density at radius 3 is 2.69 bits per heavy atom. The molecule has 0 aromatic heterocycles. The average Bonchev–Trinajstić information content (AvgIpc) is 2.73. The van der Waals surface area contributed by atoms with Crippen molar-refractivity contribution in [3.63, 3.8) is 0 Å². The van der Waals surface area contributed by atoms with E-state index in [0.717, 1.165) is 18.0 Å². The minimum atomic E-state index is 0.379. The van der Waals surface area contributed by atoms with Gasteiger partial charge in [-0.25, -0.2) is 0 Å². The molecule has 2 aliphatic heterocycles. The van der Waals surface area contributed by atoms with Crippen LogP contribution >= 0.6 is 0 Å². The van der Waals surface area contributed by atoms with Crippen LogP contribution in [0.25, 0.3) is 0 Å². The molecule has 2 heterocycles. The predicted molar refractivity (Wildman–Crippen MR) is 61.0 cm³/mol. The van der Waals surface area contributed by atoms with E-state index >= 15 is 0 Å². The van der Waals surface area contributed by atoms with Crippen LogP contribution in [0.2, 0.25) is 0 Å². The van der Waals surface area contributed by atoms with Crippen molar-refractivity contribution in [2.75, 3.05) is 19.9 Å². The van der Waals surface area contributed by atoms with Crippen LogP contribution < -0.4 is 14.4 Å². The van der Waals surface area contributed by atoms with Crippen LogP contribution in [0.4, 0.5) is 0 Å². The zero-order valence-electron chi connectivity index (χ0n) is 9.71. The maximum absolute atomic E-state index is 5.43. The van der Waals surface area contributed by atoms with Crippen LogP contribution in [-0.4, -0.2) is 19.9 Å². The normalized spacial score (nSPS) is 21.9. The second-order valence-electron chi connectivity index (χ2n) is 4.65. The number of hydrogen-bond acceptors (Lipinski definition) is 2. The first-order chi connectivity index (χ1) is 7.86. The summed E-state index contributed by atoms with van der Waals surface area (Å²) in [5, 5.41) is 0. The molecular weight excluding hydrogens is 202 g/mol. The van der Waals surface area contributed by atoms with E-state index < -0.39 is 0 Å². The van der Waals surface area contributed by atoms with Crippen molar-refractivity contribution in [1.29, 1.82) is 0 Å². The zero-order chi connectivity index (χ0) is 11.0. The number of benzene rings is 1. The molecule has 0 bridgehead atoms. The molecule has 2 aliphatic rings. The Hall–Kier alpha value is -1.22. The minimum Gasteiger partial charge on any atom is -0.454 e. The highest BCUT2D eigenvalue weighted by Crippen LogP contribution is 2.35. The lowest BCUT2D eigenvalue weighted by molar-refractivity contribution is -0.916. The van der Waals surface area contributed by atoms with E-state index in [2.05, 4.69) is 19.1 Å². The van der Waals surface area contributed by atoms with Crippen molar-refractivity contribution >= 4 is 0 Å². The smallest absolute Gasteiger partial charge is 0.231 e. The fourth-order valence-electron chi connectivity index (χ4n) is 2.66. The standard InChI is InChI=1S/C13H17NO2/c1-2-4-14-5-3-10-6-12-13(16-9-15-12)7-11(10)8-14/h6-7H,2-5,8-9H2,1H3/p+1. The van der Waals surface area contributed by atoms with Gasteiger partial charge in [-0.05, 0) is 24.1 Å². The van der Waals surface area contributed by atoms with Gasteiger partial charge in [-0.3, -0.25) is 0 Å². The van der Waals surface area contributed by atoms with E-state index in [4.69, 9.17) is 9.47 Å². The summed E-state index contributed by atoms with van der Waals surface area (Å²) in [6.07, 6.45) is 2.43.